The number of rotatable bonds is 14. The molecular formula is C16H31NO4. The number of carbonyl (C=O) groups is 2. The molecule has 1 amide bonds. The van der Waals surface area contributed by atoms with Crippen LogP contribution in [0.5, 0.6) is 0 Å². The maximum absolute atomic E-state index is 11.8. The minimum atomic E-state index is -0.954. The van der Waals surface area contributed by atoms with Crippen molar-refractivity contribution in [3.63, 3.8) is 0 Å². The molecule has 0 aromatic rings. The first-order valence-corrected chi connectivity index (χ1v) is 8.22. The summed E-state index contributed by atoms with van der Waals surface area (Å²) in [6, 6.07) is 0. The molecule has 0 saturated heterocycles. The second kappa shape index (κ2) is 13.9. The minimum Gasteiger partial charge on any atom is -0.481 e. The number of nitrogens with zero attached hydrogens (tertiary/aromatic N) is 1. The fourth-order valence-electron chi connectivity index (χ4n) is 2.25. The van der Waals surface area contributed by atoms with Gasteiger partial charge in [0.2, 0.25) is 5.91 Å². The molecule has 124 valence electrons. The number of amides is 1. The summed E-state index contributed by atoms with van der Waals surface area (Å²) in [6.07, 6.45) is 11.0. The van der Waals surface area contributed by atoms with E-state index < -0.39 is 12.7 Å². The van der Waals surface area contributed by atoms with Gasteiger partial charge in [0.1, 0.15) is 6.73 Å². The highest BCUT2D eigenvalue weighted by Crippen LogP contribution is 2.11. The summed E-state index contributed by atoms with van der Waals surface area (Å²) < 4.78 is 0. The highest BCUT2D eigenvalue weighted by molar-refractivity contribution is 5.76. The van der Waals surface area contributed by atoms with Crippen molar-refractivity contribution in [3.8, 4) is 0 Å². The van der Waals surface area contributed by atoms with Crippen molar-refractivity contribution >= 4 is 11.9 Å². The molecule has 0 aromatic heterocycles. The summed E-state index contributed by atoms with van der Waals surface area (Å²) >= 11 is 0. The molecule has 0 atom stereocenters. The number of aliphatic hydroxyl groups excluding tert-OH is 1. The molecule has 0 aliphatic heterocycles. The fourth-order valence-corrected chi connectivity index (χ4v) is 2.25. The average Bonchev–Trinajstić information content (AvgIpc) is 2.46. The van der Waals surface area contributed by atoms with Crippen LogP contribution in [0, 0.1) is 0 Å². The molecule has 21 heavy (non-hydrogen) atoms. The number of aliphatic hydroxyl groups is 1. The van der Waals surface area contributed by atoms with Crippen molar-refractivity contribution in [3.05, 3.63) is 0 Å². The van der Waals surface area contributed by atoms with E-state index in [9.17, 15) is 9.59 Å². The van der Waals surface area contributed by atoms with Crippen molar-refractivity contribution in [2.45, 2.75) is 77.6 Å². The highest BCUT2D eigenvalue weighted by atomic mass is 16.4. The van der Waals surface area contributed by atoms with Crippen molar-refractivity contribution in [1.82, 2.24) is 4.90 Å². The lowest BCUT2D eigenvalue weighted by molar-refractivity contribution is -0.140. The van der Waals surface area contributed by atoms with Gasteiger partial charge < -0.3 is 15.1 Å². The van der Waals surface area contributed by atoms with Crippen molar-refractivity contribution in [2.75, 3.05) is 13.3 Å². The Hall–Kier alpha value is -1.10. The molecule has 0 aliphatic rings. The van der Waals surface area contributed by atoms with Gasteiger partial charge in [0.15, 0.2) is 0 Å². The Kier molecular flexibility index (Phi) is 13.1. The monoisotopic (exact) mass is 301 g/mol. The molecule has 0 aromatic carbocycles. The van der Waals surface area contributed by atoms with Gasteiger partial charge >= 0.3 is 5.97 Å². The molecule has 0 radical (unpaired) electrons. The maximum Gasteiger partial charge on any atom is 0.305 e. The van der Waals surface area contributed by atoms with E-state index in [-0.39, 0.29) is 18.9 Å². The zero-order valence-electron chi connectivity index (χ0n) is 13.4. The standard InChI is InChI=1S/C16H31NO4/c1-2-3-4-5-6-7-8-9-10-11-15(19)17(14-18)13-12-16(20)21/h18H,2-14H2,1H3,(H,20,21). The molecule has 0 saturated carbocycles. The van der Waals surface area contributed by atoms with Crippen LogP contribution in [0.15, 0.2) is 0 Å². The topological polar surface area (TPSA) is 77.8 Å². The Morgan fingerprint density at radius 2 is 1.38 bits per heavy atom. The van der Waals surface area contributed by atoms with Gasteiger partial charge in [-0.15, -0.1) is 0 Å². The van der Waals surface area contributed by atoms with Gasteiger partial charge in [-0.1, -0.05) is 58.3 Å². The van der Waals surface area contributed by atoms with Crippen LogP contribution < -0.4 is 0 Å². The van der Waals surface area contributed by atoms with Crippen molar-refractivity contribution in [2.24, 2.45) is 0 Å². The predicted molar refractivity (Wildman–Crippen MR) is 82.9 cm³/mol. The summed E-state index contributed by atoms with van der Waals surface area (Å²) in [4.78, 5) is 23.4. The smallest absolute Gasteiger partial charge is 0.305 e. The number of carboxylic acids is 1. The lowest BCUT2D eigenvalue weighted by atomic mass is 10.1. The first-order valence-electron chi connectivity index (χ1n) is 8.22. The molecule has 5 heteroatoms. The summed E-state index contributed by atoms with van der Waals surface area (Å²) in [7, 11) is 0. The Morgan fingerprint density at radius 1 is 0.857 bits per heavy atom. The third kappa shape index (κ3) is 12.4. The molecule has 0 aliphatic carbocycles. The number of carbonyl (C=O) groups excluding carboxylic acids is 1. The van der Waals surface area contributed by atoms with Gasteiger partial charge in [-0.05, 0) is 6.42 Å². The van der Waals surface area contributed by atoms with Crippen LogP contribution in [-0.2, 0) is 9.59 Å². The molecule has 0 fully saturated rings. The van der Waals surface area contributed by atoms with E-state index in [2.05, 4.69) is 6.92 Å². The fraction of sp³-hybridized carbons (Fsp3) is 0.875. The molecule has 0 rings (SSSR count). The molecular weight excluding hydrogens is 270 g/mol. The van der Waals surface area contributed by atoms with Crippen LogP contribution in [0.2, 0.25) is 0 Å². The second-order valence-electron chi connectivity index (χ2n) is 5.52. The van der Waals surface area contributed by atoms with E-state index in [1.165, 1.54) is 43.4 Å². The van der Waals surface area contributed by atoms with Gasteiger partial charge in [0.05, 0.1) is 6.42 Å². The number of hydrogen-bond donors (Lipinski definition) is 2. The van der Waals surface area contributed by atoms with Gasteiger partial charge in [-0.2, -0.15) is 0 Å². The van der Waals surface area contributed by atoms with Gasteiger partial charge in [0, 0.05) is 13.0 Å². The minimum absolute atomic E-state index is 0.0854. The van der Waals surface area contributed by atoms with Crippen molar-refractivity contribution < 1.29 is 19.8 Å². The molecule has 5 nitrogen and oxygen atoms in total. The third-order valence-electron chi connectivity index (χ3n) is 3.61. The third-order valence-corrected chi connectivity index (χ3v) is 3.61. The van der Waals surface area contributed by atoms with E-state index in [0.717, 1.165) is 19.3 Å². The highest BCUT2D eigenvalue weighted by Gasteiger charge is 2.13. The summed E-state index contributed by atoms with van der Waals surface area (Å²) in [5.41, 5.74) is 0. The zero-order chi connectivity index (χ0) is 15.9. The summed E-state index contributed by atoms with van der Waals surface area (Å²) in [6.45, 7) is 1.90. The van der Waals surface area contributed by atoms with Crippen LogP contribution in [0.3, 0.4) is 0 Å². The van der Waals surface area contributed by atoms with Crippen LogP contribution in [0.4, 0.5) is 0 Å². The van der Waals surface area contributed by atoms with Gasteiger partial charge in [0.25, 0.3) is 0 Å². The molecule has 0 spiro atoms. The van der Waals surface area contributed by atoms with E-state index in [1.54, 1.807) is 0 Å². The number of hydrogen-bond acceptors (Lipinski definition) is 3. The molecule has 0 unspecified atom stereocenters. The summed E-state index contributed by atoms with van der Waals surface area (Å²) in [5.74, 6) is -1.11. The Morgan fingerprint density at radius 3 is 1.86 bits per heavy atom. The van der Waals surface area contributed by atoms with Crippen LogP contribution in [-0.4, -0.2) is 40.3 Å². The van der Waals surface area contributed by atoms with Crippen molar-refractivity contribution in [1.29, 1.82) is 0 Å². The van der Waals surface area contributed by atoms with E-state index >= 15 is 0 Å². The quantitative estimate of drug-likeness (QED) is 0.381. The number of aliphatic carboxylic acids is 1. The maximum atomic E-state index is 11.8. The van der Waals surface area contributed by atoms with E-state index in [0.29, 0.717) is 6.42 Å². The SMILES string of the molecule is CCCCCCCCCCCC(=O)N(CO)CCC(=O)O. The lowest BCUT2D eigenvalue weighted by Gasteiger charge is -2.18. The molecule has 0 heterocycles. The summed E-state index contributed by atoms with van der Waals surface area (Å²) in [5, 5.41) is 17.6. The van der Waals surface area contributed by atoms with E-state index in [1.807, 2.05) is 0 Å². The average molecular weight is 301 g/mol. The Labute approximate surface area is 128 Å². The first kappa shape index (κ1) is 19.9. The van der Waals surface area contributed by atoms with Crippen LogP contribution >= 0.6 is 0 Å². The predicted octanol–water partition coefficient (Wildman–Crippen LogP) is 3.16. The molecule has 2 N–H and O–H groups in total. The van der Waals surface area contributed by atoms with Crippen LogP contribution in [0.1, 0.15) is 77.6 Å². The number of unbranched alkanes of at least 4 members (excludes halogenated alkanes) is 8. The first-order chi connectivity index (χ1) is 10.1. The van der Waals surface area contributed by atoms with Gasteiger partial charge in [-0.25, -0.2) is 0 Å². The van der Waals surface area contributed by atoms with Gasteiger partial charge in [-0.3, -0.25) is 9.59 Å². The van der Waals surface area contributed by atoms with E-state index in [4.69, 9.17) is 10.2 Å². The Balaban J connectivity index is 3.52. The second-order valence-corrected chi connectivity index (χ2v) is 5.52. The zero-order valence-corrected chi connectivity index (χ0v) is 13.4. The Bertz CT molecular complexity index is 281. The molecule has 0 bridgehead atoms. The number of carboxylic acid groups (broad SMARTS) is 1. The largest absolute Gasteiger partial charge is 0.481 e. The lowest BCUT2D eigenvalue weighted by Crippen LogP contribution is -2.33. The normalized spacial score (nSPS) is 10.6. The van der Waals surface area contributed by atoms with Crippen LogP contribution in [0.25, 0.3) is 0 Å².